The number of nitrogens with two attached hydrogens (primary N) is 1. The molecule has 1 aromatic carbocycles. The van der Waals surface area contributed by atoms with Crippen LogP contribution >= 0.6 is 0 Å². The Kier molecular flexibility index (Phi) is 4.58. The summed E-state index contributed by atoms with van der Waals surface area (Å²) in [6.07, 6.45) is 3.75. The molecule has 0 saturated carbocycles. The van der Waals surface area contributed by atoms with Crippen molar-refractivity contribution in [2.24, 2.45) is 5.73 Å². The Hall–Kier alpha value is -1.48. The van der Waals surface area contributed by atoms with Gasteiger partial charge >= 0.3 is 0 Å². The first-order valence-corrected chi connectivity index (χ1v) is 4.48. The number of hydrogen-bond donors (Lipinski definition) is 1. The molecule has 0 aliphatic carbocycles. The molecule has 0 aromatic heterocycles. The van der Waals surface area contributed by atoms with Crippen molar-refractivity contribution in [2.45, 2.75) is 0 Å². The van der Waals surface area contributed by atoms with Crippen molar-refractivity contribution in [3.63, 3.8) is 0 Å². The average Bonchev–Trinajstić information content (AvgIpc) is 2.25. The Morgan fingerprint density at radius 2 is 2.07 bits per heavy atom. The second-order valence-corrected chi connectivity index (χ2v) is 2.70. The summed E-state index contributed by atoms with van der Waals surface area (Å²) in [4.78, 5) is 0. The normalized spacial score (nSPS) is 10.4. The first kappa shape index (κ1) is 10.6. The van der Waals surface area contributed by atoms with Crippen molar-refractivity contribution in [1.29, 1.82) is 0 Å². The molecule has 2 N–H and O–H groups in total. The van der Waals surface area contributed by atoms with E-state index in [-0.39, 0.29) is 0 Å². The number of hydrogen-bond acceptors (Lipinski definition) is 3. The lowest BCUT2D eigenvalue weighted by Crippen LogP contribution is -1.97. The van der Waals surface area contributed by atoms with Gasteiger partial charge in [0.2, 0.25) is 0 Å². The van der Waals surface area contributed by atoms with Gasteiger partial charge in [0.15, 0.2) is 0 Å². The van der Waals surface area contributed by atoms with E-state index in [1.807, 2.05) is 36.4 Å². The van der Waals surface area contributed by atoms with Gasteiger partial charge in [0, 0.05) is 12.6 Å². The van der Waals surface area contributed by atoms with Crippen LogP contribution in [0.15, 0.2) is 36.4 Å². The summed E-state index contributed by atoms with van der Waals surface area (Å²) in [5.41, 5.74) is 5.29. The molecule has 0 spiro atoms. The van der Waals surface area contributed by atoms with Gasteiger partial charge in [-0.3, -0.25) is 0 Å². The van der Waals surface area contributed by atoms with Crippen molar-refractivity contribution in [1.82, 2.24) is 0 Å². The minimum Gasteiger partial charge on any atom is -0.497 e. The van der Waals surface area contributed by atoms with E-state index < -0.39 is 0 Å². The van der Waals surface area contributed by atoms with E-state index in [0.717, 1.165) is 11.5 Å². The smallest absolute Gasteiger partial charge is 0.123 e. The Balaban J connectivity index is 2.46. The van der Waals surface area contributed by atoms with Crippen LogP contribution < -0.4 is 15.2 Å². The molecular formula is C11H15NO2. The van der Waals surface area contributed by atoms with Crippen LogP contribution in [-0.2, 0) is 0 Å². The predicted octanol–water partition coefficient (Wildman–Crippen LogP) is 1.59. The average molecular weight is 193 g/mol. The van der Waals surface area contributed by atoms with Gasteiger partial charge in [0.25, 0.3) is 0 Å². The maximum atomic E-state index is 5.43. The minimum atomic E-state index is 0.532. The third-order valence-electron chi connectivity index (χ3n) is 1.69. The lowest BCUT2D eigenvalue weighted by molar-refractivity contribution is 0.356. The first-order chi connectivity index (χ1) is 6.86. The van der Waals surface area contributed by atoms with Crippen LogP contribution in [0.2, 0.25) is 0 Å². The van der Waals surface area contributed by atoms with Gasteiger partial charge in [-0.05, 0) is 12.1 Å². The zero-order chi connectivity index (χ0) is 10.2. The van der Waals surface area contributed by atoms with Crippen molar-refractivity contribution in [3.8, 4) is 11.5 Å². The Morgan fingerprint density at radius 1 is 1.29 bits per heavy atom. The maximum absolute atomic E-state index is 5.43. The van der Waals surface area contributed by atoms with E-state index in [1.165, 1.54) is 0 Å². The van der Waals surface area contributed by atoms with Gasteiger partial charge in [-0.15, -0.1) is 0 Å². The second kappa shape index (κ2) is 6.05. The summed E-state index contributed by atoms with van der Waals surface area (Å²) in [6.45, 7) is 1.08. The highest BCUT2D eigenvalue weighted by molar-refractivity contribution is 5.32. The molecule has 0 amide bonds. The fraction of sp³-hybridized carbons (Fsp3) is 0.273. The fourth-order valence-electron chi connectivity index (χ4n) is 1.000. The Labute approximate surface area is 84.1 Å². The molecule has 76 valence electrons. The SMILES string of the molecule is COc1cccc(OC/C=C/CN)c1. The van der Waals surface area contributed by atoms with E-state index in [9.17, 15) is 0 Å². The molecule has 3 nitrogen and oxygen atoms in total. The quantitative estimate of drug-likeness (QED) is 0.722. The van der Waals surface area contributed by atoms with Gasteiger partial charge in [0.05, 0.1) is 7.11 Å². The molecule has 1 aromatic rings. The van der Waals surface area contributed by atoms with Crippen LogP contribution in [0.3, 0.4) is 0 Å². The van der Waals surface area contributed by atoms with Crippen molar-refractivity contribution >= 4 is 0 Å². The minimum absolute atomic E-state index is 0.532. The zero-order valence-corrected chi connectivity index (χ0v) is 8.27. The standard InChI is InChI=1S/C11H15NO2/c1-13-10-5-4-6-11(9-10)14-8-3-2-7-12/h2-6,9H,7-8,12H2,1H3/b3-2+. The van der Waals surface area contributed by atoms with Crippen LogP contribution in [0.5, 0.6) is 11.5 Å². The number of rotatable bonds is 5. The highest BCUT2D eigenvalue weighted by Gasteiger charge is 1.94. The van der Waals surface area contributed by atoms with Crippen molar-refractivity contribution in [2.75, 3.05) is 20.3 Å². The third-order valence-corrected chi connectivity index (χ3v) is 1.69. The van der Waals surface area contributed by atoms with Gasteiger partial charge < -0.3 is 15.2 Å². The van der Waals surface area contributed by atoms with E-state index >= 15 is 0 Å². The summed E-state index contributed by atoms with van der Waals surface area (Å²) >= 11 is 0. The zero-order valence-electron chi connectivity index (χ0n) is 8.27. The fourth-order valence-corrected chi connectivity index (χ4v) is 1.000. The molecule has 0 unspecified atom stereocenters. The molecule has 0 radical (unpaired) electrons. The lowest BCUT2D eigenvalue weighted by atomic mass is 10.3. The molecule has 3 heteroatoms. The monoisotopic (exact) mass is 193 g/mol. The topological polar surface area (TPSA) is 44.5 Å². The number of methoxy groups -OCH3 is 1. The molecule has 0 fully saturated rings. The maximum Gasteiger partial charge on any atom is 0.123 e. The number of benzene rings is 1. The lowest BCUT2D eigenvalue weighted by Gasteiger charge is -2.04. The summed E-state index contributed by atoms with van der Waals surface area (Å²) < 4.78 is 10.5. The molecule has 0 heterocycles. The van der Waals surface area contributed by atoms with Gasteiger partial charge in [0.1, 0.15) is 18.1 Å². The predicted molar refractivity (Wildman–Crippen MR) is 56.7 cm³/mol. The second-order valence-electron chi connectivity index (χ2n) is 2.70. The van der Waals surface area contributed by atoms with Crippen LogP contribution in [0, 0.1) is 0 Å². The Morgan fingerprint density at radius 3 is 2.79 bits per heavy atom. The molecular weight excluding hydrogens is 178 g/mol. The molecule has 0 saturated heterocycles. The van der Waals surface area contributed by atoms with Crippen LogP contribution in [0.25, 0.3) is 0 Å². The first-order valence-electron chi connectivity index (χ1n) is 4.48. The van der Waals surface area contributed by atoms with Crippen molar-refractivity contribution < 1.29 is 9.47 Å². The molecule has 0 atom stereocenters. The summed E-state index contributed by atoms with van der Waals surface area (Å²) in [5, 5.41) is 0. The molecule has 0 aliphatic heterocycles. The summed E-state index contributed by atoms with van der Waals surface area (Å²) in [6, 6.07) is 7.50. The van der Waals surface area contributed by atoms with Gasteiger partial charge in [-0.1, -0.05) is 18.2 Å². The molecule has 1 rings (SSSR count). The molecule has 0 bridgehead atoms. The van der Waals surface area contributed by atoms with E-state index in [2.05, 4.69) is 0 Å². The number of ether oxygens (including phenoxy) is 2. The van der Waals surface area contributed by atoms with Gasteiger partial charge in [-0.25, -0.2) is 0 Å². The highest BCUT2D eigenvalue weighted by atomic mass is 16.5. The Bertz CT molecular complexity index is 297. The van der Waals surface area contributed by atoms with E-state index in [4.69, 9.17) is 15.2 Å². The van der Waals surface area contributed by atoms with Gasteiger partial charge in [-0.2, -0.15) is 0 Å². The van der Waals surface area contributed by atoms with Crippen LogP contribution in [-0.4, -0.2) is 20.3 Å². The molecule has 0 aliphatic rings. The van der Waals surface area contributed by atoms with Crippen LogP contribution in [0.4, 0.5) is 0 Å². The summed E-state index contributed by atoms with van der Waals surface area (Å²) in [5.74, 6) is 1.59. The van der Waals surface area contributed by atoms with E-state index in [1.54, 1.807) is 7.11 Å². The van der Waals surface area contributed by atoms with Crippen molar-refractivity contribution in [3.05, 3.63) is 36.4 Å². The molecule has 14 heavy (non-hydrogen) atoms. The summed E-state index contributed by atoms with van der Waals surface area (Å²) in [7, 11) is 1.63. The largest absolute Gasteiger partial charge is 0.497 e. The van der Waals surface area contributed by atoms with Crippen LogP contribution in [0.1, 0.15) is 0 Å². The van der Waals surface area contributed by atoms with E-state index in [0.29, 0.717) is 13.2 Å². The highest BCUT2D eigenvalue weighted by Crippen LogP contribution is 2.18. The third kappa shape index (κ3) is 3.49.